The SMILES string of the molecule is CC(CN)N(C)C(=O)c1cnn(-c2cccc(Cl)c2)c1. The van der Waals surface area contributed by atoms with Crippen molar-refractivity contribution in [3.05, 3.63) is 47.2 Å². The van der Waals surface area contributed by atoms with Crippen LogP contribution in [0, 0.1) is 0 Å². The van der Waals surface area contributed by atoms with E-state index >= 15 is 0 Å². The van der Waals surface area contributed by atoms with Gasteiger partial charge in [-0.1, -0.05) is 17.7 Å². The Kier molecular flexibility index (Phi) is 4.42. The van der Waals surface area contributed by atoms with Crippen LogP contribution in [0.1, 0.15) is 17.3 Å². The summed E-state index contributed by atoms with van der Waals surface area (Å²) in [5.41, 5.74) is 6.90. The summed E-state index contributed by atoms with van der Waals surface area (Å²) in [6.45, 7) is 2.32. The Morgan fingerprint density at radius 1 is 1.55 bits per heavy atom. The van der Waals surface area contributed by atoms with Crippen molar-refractivity contribution in [2.75, 3.05) is 13.6 Å². The van der Waals surface area contributed by atoms with E-state index in [2.05, 4.69) is 5.10 Å². The van der Waals surface area contributed by atoms with Gasteiger partial charge >= 0.3 is 0 Å². The molecule has 0 aliphatic carbocycles. The Balaban J connectivity index is 2.23. The molecule has 0 radical (unpaired) electrons. The highest BCUT2D eigenvalue weighted by atomic mass is 35.5. The molecular weight excluding hydrogens is 276 g/mol. The van der Waals surface area contributed by atoms with Gasteiger partial charge in [-0.2, -0.15) is 5.10 Å². The van der Waals surface area contributed by atoms with Crippen LogP contribution in [0.3, 0.4) is 0 Å². The fourth-order valence-electron chi connectivity index (χ4n) is 1.75. The monoisotopic (exact) mass is 292 g/mol. The van der Waals surface area contributed by atoms with Gasteiger partial charge in [-0.05, 0) is 25.1 Å². The molecule has 0 aliphatic heterocycles. The van der Waals surface area contributed by atoms with Crippen molar-refractivity contribution in [3.8, 4) is 5.69 Å². The standard InChI is InChI=1S/C14H17ClN4O/c1-10(7-16)18(2)14(20)11-8-17-19(9-11)13-5-3-4-12(15)6-13/h3-6,8-10H,7,16H2,1-2H3. The number of rotatable bonds is 4. The second-order valence-electron chi connectivity index (χ2n) is 4.65. The van der Waals surface area contributed by atoms with Gasteiger partial charge in [0.1, 0.15) is 0 Å². The average Bonchev–Trinajstić information content (AvgIpc) is 2.94. The first-order valence-electron chi connectivity index (χ1n) is 6.30. The molecular formula is C14H17ClN4O. The molecule has 1 amide bonds. The number of carbonyl (C=O) groups excluding carboxylic acids is 1. The molecule has 5 nitrogen and oxygen atoms in total. The van der Waals surface area contributed by atoms with E-state index < -0.39 is 0 Å². The maximum absolute atomic E-state index is 12.2. The minimum absolute atomic E-state index is 0.0166. The van der Waals surface area contributed by atoms with Gasteiger partial charge in [0.15, 0.2) is 0 Å². The molecule has 6 heteroatoms. The van der Waals surface area contributed by atoms with Crippen molar-refractivity contribution in [3.63, 3.8) is 0 Å². The molecule has 2 aromatic rings. The lowest BCUT2D eigenvalue weighted by Gasteiger charge is -2.22. The topological polar surface area (TPSA) is 64.2 Å². The van der Waals surface area contributed by atoms with Gasteiger partial charge in [-0.25, -0.2) is 4.68 Å². The lowest BCUT2D eigenvalue weighted by Crippen LogP contribution is -2.39. The minimum atomic E-state index is -0.101. The first-order valence-corrected chi connectivity index (χ1v) is 6.68. The summed E-state index contributed by atoms with van der Waals surface area (Å²) in [5, 5.41) is 4.82. The van der Waals surface area contributed by atoms with Crippen LogP contribution in [0.15, 0.2) is 36.7 Å². The van der Waals surface area contributed by atoms with Gasteiger partial charge in [-0.15, -0.1) is 0 Å². The maximum Gasteiger partial charge on any atom is 0.257 e. The Hall–Kier alpha value is -1.85. The molecule has 0 bridgehead atoms. The number of amides is 1. The van der Waals surface area contributed by atoms with Crippen molar-refractivity contribution < 1.29 is 4.79 Å². The quantitative estimate of drug-likeness (QED) is 0.937. The van der Waals surface area contributed by atoms with Crippen LogP contribution in [0.5, 0.6) is 0 Å². The molecule has 20 heavy (non-hydrogen) atoms. The molecule has 1 aromatic heterocycles. The second kappa shape index (κ2) is 6.07. The van der Waals surface area contributed by atoms with E-state index in [1.165, 1.54) is 0 Å². The van der Waals surface area contributed by atoms with E-state index in [0.717, 1.165) is 5.69 Å². The summed E-state index contributed by atoms with van der Waals surface area (Å²) < 4.78 is 1.63. The number of likely N-dealkylation sites (N-methyl/N-ethyl adjacent to an activating group) is 1. The minimum Gasteiger partial charge on any atom is -0.338 e. The molecule has 106 valence electrons. The van der Waals surface area contributed by atoms with Gasteiger partial charge in [0, 0.05) is 30.9 Å². The zero-order valence-electron chi connectivity index (χ0n) is 11.5. The van der Waals surface area contributed by atoms with Crippen LogP contribution < -0.4 is 5.73 Å². The van der Waals surface area contributed by atoms with Gasteiger partial charge < -0.3 is 10.6 Å². The normalized spacial score (nSPS) is 12.2. The van der Waals surface area contributed by atoms with E-state index in [4.69, 9.17) is 17.3 Å². The number of hydrogen-bond donors (Lipinski definition) is 1. The largest absolute Gasteiger partial charge is 0.338 e. The molecule has 1 unspecified atom stereocenters. The van der Waals surface area contributed by atoms with E-state index in [0.29, 0.717) is 17.1 Å². The van der Waals surface area contributed by atoms with E-state index in [1.807, 2.05) is 19.1 Å². The van der Waals surface area contributed by atoms with Crippen LogP contribution >= 0.6 is 11.6 Å². The van der Waals surface area contributed by atoms with Crippen LogP contribution in [-0.4, -0.2) is 40.2 Å². The van der Waals surface area contributed by atoms with Crippen LogP contribution in [-0.2, 0) is 0 Å². The Bertz CT molecular complexity index is 611. The van der Waals surface area contributed by atoms with Crippen molar-refractivity contribution in [2.45, 2.75) is 13.0 Å². The molecule has 0 fully saturated rings. The summed E-state index contributed by atoms with van der Waals surface area (Å²) in [7, 11) is 1.73. The lowest BCUT2D eigenvalue weighted by molar-refractivity contribution is 0.0748. The first kappa shape index (κ1) is 14.6. The summed E-state index contributed by atoms with van der Waals surface area (Å²) in [6, 6.07) is 7.27. The Labute approximate surface area is 122 Å². The molecule has 0 saturated heterocycles. The molecule has 0 aliphatic rings. The number of aromatic nitrogens is 2. The van der Waals surface area contributed by atoms with E-state index in [1.54, 1.807) is 41.2 Å². The number of carbonyl (C=O) groups is 1. The fraction of sp³-hybridized carbons (Fsp3) is 0.286. The van der Waals surface area contributed by atoms with Crippen molar-refractivity contribution in [2.24, 2.45) is 5.73 Å². The Morgan fingerprint density at radius 3 is 2.95 bits per heavy atom. The number of nitrogens with zero attached hydrogens (tertiary/aromatic N) is 3. The number of halogens is 1. The maximum atomic E-state index is 12.2. The molecule has 2 rings (SSSR count). The number of hydrogen-bond acceptors (Lipinski definition) is 3. The zero-order chi connectivity index (χ0) is 14.7. The molecule has 1 heterocycles. The summed E-state index contributed by atoms with van der Waals surface area (Å²) in [4.78, 5) is 13.9. The van der Waals surface area contributed by atoms with Gasteiger partial charge in [0.2, 0.25) is 0 Å². The number of benzene rings is 1. The highest BCUT2D eigenvalue weighted by Crippen LogP contribution is 2.15. The van der Waals surface area contributed by atoms with E-state index in [9.17, 15) is 4.79 Å². The average molecular weight is 293 g/mol. The number of nitrogens with two attached hydrogens (primary N) is 1. The third-order valence-electron chi connectivity index (χ3n) is 3.22. The third-order valence-corrected chi connectivity index (χ3v) is 3.46. The van der Waals surface area contributed by atoms with Gasteiger partial charge in [0.05, 0.1) is 17.4 Å². The first-order chi connectivity index (χ1) is 9.52. The van der Waals surface area contributed by atoms with Crippen molar-refractivity contribution in [1.82, 2.24) is 14.7 Å². The molecule has 0 spiro atoms. The predicted octanol–water partition coefficient (Wildman–Crippen LogP) is 1.94. The smallest absolute Gasteiger partial charge is 0.257 e. The Morgan fingerprint density at radius 2 is 2.30 bits per heavy atom. The van der Waals surface area contributed by atoms with Gasteiger partial charge in [0.25, 0.3) is 5.91 Å². The molecule has 1 aromatic carbocycles. The predicted molar refractivity (Wildman–Crippen MR) is 79.2 cm³/mol. The molecule has 1 atom stereocenters. The molecule has 0 saturated carbocycles. The zero-order valence-corrected chi connectivity index (χ0v) is 12.2. The fourth-order valence-corrected chi connectivity index (χ4v) is 1.94. The second-order valence-corrected chi connectivity index (χ2v) is 5.09. The highest BCUT2D eigenvalue weighted by molar-refractivity contribution is 6.30. The summed E-state index contributed by atoms with van der Waals surface area (Å²) >= 11 is 5.94. The molecule has 2 N–H and O–H groups in total. The third kappa shape index (κ3) is 3.00. The van der Waals surface area contributed by atoms with Crippen LogP contribution in [0.2, 0.25) is 5.02 Å². The summed E-state index contributed by atoms with van der Waals surface area (Å²) in [6.07, 6.45) is 3.23. The van der Waals surface area contributed by atoms with Crippen LogP contribution in [0.4, 0.5) is 0 Å². The highest BCUT2D eigenvalue weighted by Gasteiger charge is 2.18. The summed E-state index contributed by atoms with van der Waals surface area (Å²) in [5.74, 6) is -0.101. The van der Waals surface area contributed by atoms with Crippen molar-refractivity contribution >= 4 is 17.5 Å². The van der Waals surface area contributed by atoms with Crippen LogP contribution in [0.25, 0.3) is 5.69 Å². The van der Waals surface area contributed by atoms with E-state index in [-0.39, 0.29) is 11.9 Å². The van der Waals surface area contributed by atoms with Crippen molar-refractivity contribution in [1.29, 1.82) is 0 Å². The lowest BCUT2D eigenvalue weighted by atomic mass is 10.2. The van der Waals surface area contributed by atoms with Gasteiger partial charge in [-0.3, -0.25) is 4.79 Å².